The third-order valence-corrected chi connectivity index (χ3v) is 3.51. The number of nitrogens with one attached hydrogen (secondary N) is 2. The number of nitrogens with zero attached hydrogens (tertiary/aromatic N) is 2. The number of anilines is 1. The largest absolute Gasteiger partial charge is 0.356 e. The van der Waals surface area contributed by atoms with Crippen molar-refractivity contribution in [2.24, 2.45) is 5.41 Å². The summed E-state index contributed by atoms with van der Waals surface area (Å²) >= 11 is 0. The fourth-order valence-corrected chi connectivity index (χ4v) is 1.77. The molecule has 0 spiro atoms. The summed E-state index contributed by atoms with van der Waals surface area (Å²) < 4.78 is 2.00. The minimum atomic E-state index is -0.0962. The number of hydrogen-bond acceptors (Lipinski definition) is 3. The number of imidazole rings is 1. The van der Waals surface area contributed by atoms with Gasteiger partial charge in [0.25, 0.3) is 5.91 Å². The first-order valence-electron chi connectivity index (χ1n) is 6.50. The van der Waals surface area contributed by atoms with Gasteiger partial charge in [-0.2, -0.15) is 0 Å². The van der Waals surface area contributed by atoms with Crippen molar-refractivity contribution in [2.45, 2.75) is 46.7 Å². The van der Waals surface area contributed by atoms with E-state index in [1.54, 1.807) is 0 Å². The summed E-state index contributed by atoms with van der Waals surface area (Å²) in [6, 6.07) is 0.108. The maximum absolute atomic E-state index is 12.1. The van der Waals surface area contributed by atoms with Crippen LogP contribution in [0.15, 0.2) is 6.20 Å². The lowest BCUT2D eigenvalue weighted by Crippen LogP contribution is -2.41. The average molecular weight is 250 g/mol. The van der Waals surface area contributed by atoms with Gasteiger partial charge in [0.15, 0.2) is 0 Å². The first-order chi connectivity index (χ1) is 8.38. The molecule has 1 atom stereocenters. The quantitative estimate of drug-likeness (QED) is 0.842. The monoisotopic (exact) mass is 250 g/mol. The second-order valence-corrected chi connectivity index (χ2v) is 5.98. The maximum Gasteiger partial charge on any atom is 0.271 e. The molecule has 0 radical (unpaired) electrons. The van der Waals surface area contributed by atoms with Gasteiger partial charge in [-0.05, 0) is 18.8 Å². The first-order valence-corrected chi connectivity index (χ1v) is 6.50. The molecule has 0 aliphatic carbocycles. The zero-order valence-corrected chi connectivity index (χ0v) is 11.6. The lowest BCUT2D eigenvalue weighted by atomic mass is 9.88. The Bertz CT molecular complexity index is 421. The summed E-state index contributed by atoms with van der Waals surface area (Å²) in [5.41, 5.74) is 0.545. The molecule has 5 nitrogen and oxygen atoms in total. The molecule has 1 aliphatic rings. The highest BCUT2D eigenvalue weighted by Crippen LogP contribution is 2.19. The van der Waals surface area contributed by atoms with Gasteiger partial charge >= 0.3 is 0 Å². The van der Waals surface area contributed by atoms with E-state index in [1.165, 1.54) is 0 Å². The predicted octanol–water partition coefficient (Wildman–Crippen LogP) is 1.86. The summed E-state index contributed by atoms with van der Waals surface area (Å²) in [6.07, 6.45) is 2.90. The summed E-state index contributed by atoms with van der Waals surface area (Å²) in [5.74, 6) is 0.705. The number of hydrogen-bond donors (Lipinski definition) is 2. The van der Waals surface area contributed by atoms with Crippen LogP contribution in [-0.4, -0.2) is 28.0 Å². The number of fused-ring (bicyclic) bond motifs is 1. The highest BCUT2D eigenvalue weighted by molar-refractivity contribution is 5.92. The molecule has 2 N–H and O–H groups in total. The number of carbonyl (C=O) groups excluding carboxylic acids is 1. The van der Waals surface area contributed by atoms with Crippen LogP contribution in [0, 0.1) is 5.41 Å². The van der Waals surface area contributed by atoms with Gasteiger partial charge in [-0.3, -0.25) is 4.79 Å². The van der Waals surface area contributed by atoms with Crippen LogP contribution in [0.25, 0.3) is 0 Å². The second kappa shape index (κ2) is 4.63. The molecular formula is C13H22N4O. The lowest BCUT2D eigenvalue weighted by molar-refractivity contribution is 0.0905. The Hall–Kier alpha value is -1.52. The Labute approximate surface area is 108 Å². The topological polar surface area (TPSA) is 59.0 Å². The smallest absolute Gasteiger partial charge is 0.271 e. The normalized spacial score (nSPS) is 16.7. The molecule has 1 aromatic heterocycles. The van der Waals surface area contributed by atoms with E-state index in [0.29, 0.717) is 5.69 Å². The molecule has 0 aromatic carbocycles. The fraction of sp³-hybridized carbons (Fsp3) is 0.692. The third-order valence-electron chi connectivity index (χ3n) is 3.51. The molecule has 2 heterocycles. The van der Waals surface area contributed by atoms with Crippen molar-refractivity contribution < 1.29 is 4.79 Å². The van der Waals surface area contributed by atoms with E-state index in [9.17, 15) is 4.79 Å². The van der Waals surface area contributed by atoms with Crippen LogP contribution >= 0.6 is 0 Å². The van der Waals surface area contributed by atoms with Crippen LogP contribution < -0.4 is 10.6 Å². The molecule has 18 heavy (non-hydrogen) atoms. The molecule has 2 rings (SSSR count). The molecule has 0 bridgehead atoms. The van der Waals surface area contributed by atoms with E-state index in [2.05, 4.69) is 36.4 Å². The highest BCUT2D eigenvalue weighted by Gasteiger charge is 2.24. The van der Waals surface area contributed by atoms with Crippen molar-refractivity contribution in [3.8, 4) is 0 Å². The number of carbonyl (C=O) groups is 1. The van der Waals surface area contributed by atoms with Crippen molar-refractivity contribution in [1.29, 1.82) is 0 Å². The van der Waals surface area contributed by atoms with Crippen LogP contribution in [-0.2, 0) is 6.54 Å². The van der Waals surface area contributed by atoms with Crippen molar-refractivity contribution in [1.82, 2.24) is 14.9 Å². The fourth-order valence-electron chi connectivity index (χ4n) is 1.77. The van der Waals surface area contributed by atoms with Crippen molar-refractivity contribution in [2.75, 3.05) is 11.9 Å². The van der Waals surface area contributed by atoms with E-state index in [1.807, 2.05) is 17.7 Å². The molecule has 0 saturated heterocycles. The molecule has 1 amide bonds. The molecule has 0 fully saturated rings. The Kier molecular flexibility index (Phi) is 3.32. The number of rotatable bonds is 2. The van der Waals surface area contributed by atoms with Gasteiger partial charge < -0.3 is 15.2 Å². The van der Waals surface area contributed by atoms with E-state index in [-0.39, 0.29) is 17.4 Å². The van der Waals surface area contributed by atoms with Crippen LogP contribution in [0.1, 0.15) is 44.6 Å². The Morgan fingerprint density at radius 2 is 2.28 bits per heavy atom. The Morgan fingerprint density at radius 3 is 2.89 bits per heavy atom. The summed E-state index contributed by atoms with van der Waals surface area (Å²) in [5, 5.41) is 6.20. The average Bonchev–Trinajstić information content (AvgIpc) is 2.71. The van der Waals surface area contributed by atoms with Crippen LogP contribution in [0.4, 0.5) is 5.95 Å². The van der Waals surface area contributed by atoms with Gasteiger partial charge in [-0.15, -0.1) is 0 Å². The van der Waals surface area contributed by atoms with E-state index < -0.39 is 0 Å². The molecule has 1 aromatic rings. The van der Waals surface area contributed by atoms with Crippen molar-refractivity contribution >= 4 is 11.9 Å². The van der Waals surface area contributed by atoms with Gasteiger partial charge in [0.2, 0.25) is 5.95 Å². The lowest BCUT2D eigenvalue weighted by Gasteiger charge is -2.27. The SMILES string of the molecule is CC(NC(=O)c1cn2c(n1)NCCC2)C(C)(C)C. The standard InChI is InChI=1S/C13H22N4O/c1-9(13(2,3)4)15-11(18)10-8-17-7-5-6-14-12(17)16-10/h8-9H,5-7H2,1-4H3,(H,14,16)(H,15,18). The highest BCUT2D eigenvalue weighted by atomic mass is 16.2. The Morgan fingerprint density at radius 1 is 1.56 bits per heavy atom. The van der Waals surface area contributed by atoms with Crippen LogP contribution in [0.3, 0.4) is 0 Å². The molecular weight excluding hydrogens is 228 g/mol. The van der Waals surface area contributed by atoms with Crippen LogP contribution in [0.5, 0.6) is 0 Å². The summed E-state index contributed by atoms with van der Waals surface area (Å²) in [4.78, 5) is 16.4. The van der Waals surface area contributed by atoms with Gasteiger partial charge in [0, 0.05) is 25.3 Å². The molecule has 1 unspecified atom stereocenters. The minimum absolute atomic E-state index is 0.0489. The molecule has 5 heteroatoms. The van der Waals surface area contributed by atoms with Crippen molar-refractivity contribution in [3.05, 3.63) is 11.9 Å². The van der Waals surface area contributed by atoms with E-state index in [0.717, 1.165) is 25.5 Å². The number of amides is 1. The van der Waals surface area contributed by atoms with Gasteiger partial charge in [-0.25, -0.2) is 4.98 Å². The summed E-state index contributed by atoms with van der Waals surface area (Å²) in [7, 11) is 0. The minimum Gasteiger partial charge on any atom is -0.356 e. The van der Waals surface area contributed by atoms with Gasteiger partial charge in [0.1, 0.15) is 5.69 Å². The first kappa shape index (κ1) is 12.9. The number of aromatic nitrogens is 2. The molecule has 100 valence electrons. The number of aryl methyl sites for hydroxylation is 1. The zero-order chi connectivity index (χ0) is 13.3. The van der Waals surface area contributed by atoms with Crippen LogP contribution in [0.2, 0.25) is 0 Å². The maximum atomic E-state index is 12.1. The van der Waals surface area contributed by atoms with Crippen molar-refractivity contribution in [3.63, 3.8) is 0 Å². The molecule has 0 saturated carbocycles. The predicted molar refractivity (Wildman–Crippen MR) is 71.7 cm³/mol. The van der Waals surface area contributed by atoms with Gasteiger partial charge in [0.05, 0.1) is 0 Å². The summed E-state index contributed by atoms with van der Waals surface area (Å²) in [6.45, 7) is 10.2. The van der Waals surface area contributed by atoms with E-state index in [4.69, 9.17) is 0 Å². The van der Waals surface area contributed by atoms with E-state index >= 15 is 0 Å². The third kappa shape index (κ3) is 2.66. The Balaban J connectivity index is 2.07. The molecule has 1 aliphatic heterocycles. The van der Waals surface area contributed by atoms with Gasteiger partial charge in [-0.1, -0.05) is 20.8 Å². The zero-order valence-electron chi connectivity index (χ0n) is 11.6. The second-order valence-electron chi connectivity index (χ2n) is 5.98.